The van der Waals surface area contributed by atoms with E-state index in [1.165, 1.54) is 11.1 Å². The molecule has 2 aromatic carbocycles. The van der Waals surface area contributed by atoms with Crippen LogP contribution in [0.3, 0.4) is 0 Å². The minimum absolute atomic E-state index is 0.304. The highest BCUT2D eigenvalue weighted by atomic mass is 35.5. The first-order chi connectivity index (χ1) is 9.72. The van der Waals surface area contributed by atoms with Crippen LogP contribution in [0, 0.1) is 0 Å². The Bertz CT molecular complexity index is 612. The fourth-order valence-electron chi connectivity index (χ4n) is 2.82. The van der Waals surface area contributed by atoms with Crippen LogP contribution in [-0.2, 0) is 19.4 Å². The van der Waals surface area contributed by atoms with Gasteiger partial charge < -0.3 is 10.4 Å². The average molecular weight is 288 g/mol. The highest BCUT2D eigenvalue weighted by Crippen LogP contribution is 2.24. The number of aryl methyl sites for hydroxylation is 1. The molecule has 20 heavy (non-hydrogen) atoms. The van der Waals surface area contributed by atoms with Crippen molar-refractivity contribution in [3.8, 4) is 5.75 Å². The standard InChI is InChI=1S/C17H18ClNO/c18-15-6-8-17(20)14(9-15)11-19-16-7-5-12-3-1-2-4-13(12)10-16/h1-4,6,8-9,16,19-20H,5,7,10-11H2. The van der Waals surface area contributed by atoms with E-state index in [0.29, 0.717) is 23.4 Å². The predicted octanol–water partition coefficient (Wildman–Crippen LogP) is 3.69. The number of halogens is 1. The maximum absolute atomic E-state index is 9.82. The maximum atomic E-state index is 9.82. The molecule has 2 nitrogen and oxygen atoms in total. The first kappa shape index (κ1) is 13.5. The van der Waals surface area contributed by atoms with Crippen LogP contribution in [0.5, 0.6) is 5.75 Å². The van der Waals surface area contributed by atoms with Crippen molar-refractivity contribution >= 4 is 11.6 Å². The third kappa shape index (κ3) is 2.97. The SMILES string of the molecule is Oc1ccc(Cl)cc1CNC1CCc2ccccc2C1. The number of benzene rings is 2. The zero-order valence-electron chi connectivity index (χ0n) is 11.3. The van der Waals surface area contributed by atoms with E-state index in [1.54, 1.807) is 12.1 Å². The van der Waals surface area contributed by atoms with E-state index < -0.39 is 0 Å². The lowest BCUT2D eigenvalue weighted by Gasteiger charge is -2.25. The molecule has 0 saturated heterocycles. The lowest BCUT2D eigenvalue weighted by Crippen LogP contribution is -2.34. The van der Waals surface area contributed by atoms with Crippen molar-refractivity contribution in [2.24, 2.45) is 0 Å². The monoisotopic (exact) mass is 287 g/mol. The molecule has 0 saturated carbocycles. The highest BCUT2D eigenvalue weighted by molar-refractivity contribution is 6.30. The molecule has 0 aromatic heterocycles. The number of aromatic hydroxyl groups is 1. The van der Waals surface area contributed by atoms with Gasteiger partial charge in [0, 0.05) is 23.2 Å². The van der Waals surface area contributed by atoms with E-state index in [2.05, 4.69) is 29.6 Å². The summed E-state index contributed by atoms with van der Waals surface area (Å²) in [7, 11) is 0. The molecule has 1 unspecified atom stereocenters. The minimum atomic E-state index is 0.304. The van der Waals surface area contributed by atoms with Gasteiger partial charge in [-0.25, -0.2) is 0 Å². The molecular weight excluding hydrogens is 270 g/mol. The van der Waals surface area contributed by atoms with Gasteiger partial charge in [0.25, 0.3) is 0 Å². The van der Waals surface area contributed by atoms with Crippen LogP contribution < -0.4 is 5.32 Å². The van der Waals surface area contributed by atoms with E-state index in [0.717, 1.165) is 24.8 Å². The Morgan fingerprint density at radius 3 is 2.80 bits per heavy atom. The molecule has 1 aliphatic rings. The van der Waals surface area contributed by atoms with Gasteiger partial charge in [-0.1, -0.05) is 35.9 Å². The quantitative estimate of drug-likeness (QED) is 0.902. The molecule has 3 rings (SSSR count). The number of fused-ring (bicyclic) bond motifs is 1. The van der Waals surface area contributed by atoms with Crippen molar-refractivity contribution < 1.29 is 5.11 Å². The molecule has 1 aliphatic carbocycles. The van der Waals surface area contributed by atoms with Gasteiger partial charge in [-0.15, -0.1) is 0 Å². The summed E-state index contributed by atoms with van der Waals surface area (Å²) in [6, 6.07) is 14.3. The number of hydrogen-bond acceptors (Lipinski definition) is 2. The van der Waals surface area contributed by atoms with Crippen molar-refractivity contribution in [3.63, 3.8) is 0 Å². The third-order valence-electron chi connectivity index (χ3n) is 3.97. The lowest BCUT2D eigenvalue weighted by molar-refractivity contribution is 0.437. The summed E-state index contributed by atoms with van der Waals surface area (Å²) in [6.07, 6.45) is 3.31. The van der Waals surface area contributed by atoms with Gasteiger partial charge in [0.1, 0.15) is 5.75 Å². The van der Waals surface area contributed by atoms with E-state index in [-0.39, 0.29) is 0 Å². The lowest BCUT2D eigenvalue weighted by atomic mass is 9.88. The van der Waals surface area contributed by atoms with Crippen molar-refractivity contribution in [2.75, 3.05) is 0 Å². The van der Waals surface area contributed by atoms with E-state index in [4.69, 9.17) is 11.6 Å². The van der Waals surface area contributed by atoms with Crippen molar-refractivity contribution in [2.45, 2.75) is 31.8 Å². The van der Waals surface area contributed by atoms with Gasteiger partial charge in [0.2, 0.25) is 0 Å². The summed E-state index contributed by atoms with van der Waals surface area (Å²) in [5, 5.41) is 14.0. The second-order valence-corrected chi connectivity index (χ2v) is 5.80. The fourth-order valence-corrected chi connectivity index (χ4v) is 3.02. The molecule has 0 radical (unpaired) electrons. The van der Waals surface area contributed by atoms with E-state index in [1.807, 2.05) is 6.07 Å². The van der Waals surface area contributed by atoms with E-state index >= 15 is 0 Å². The molecule has 3 heteroatoms. The molecular formula is C17H18ClNO. The molecule has 0 amide bonds. The van der Waals surface area contributed by atoms with Crippen molar-refractivity contribution in [1.82, 2.24) is 5.32 Å². The number of rotatable bonds is 3. The summed E-state index contributed by atoms with van der Waals surface area (Å²) in [6.45, 7) is 0.652. The third-order valence-corrected chi connectivity index (χ3v) is 4.20. The fraction of sp³-hybridized carbons (Fsp3) is 0.294. The molecule has 0 aliphatic heterocycles. The number of phenolic OH excluding ortho intramolecular Hbond substituents is 1. The second kappa shape index (κ2) is 5.86. The van der Waals surface area contributed by atoms with Gasteiger partial charge in [-0.05, 0) is 48.6 Å². The Balaban J connectivity index is 1.64. The molecule has 0 fully saturated rings. The summed E-state index contributed by atoms with van der Waals surface area (Å²) in [5.74, 6) is 0.304. The van der Waals surface area contributed by atoms with Gasteiger partial charge in [0.05, 0.1) is 0 Å². The van der Waals surface area contributed by atoms with E-state index in [9.17, 15) is 5.11 Å². The largest absolute Gasteiger partial charge is 0.508 e. The first-order valence-electron chi connectivity index (χ1n) is 7.00. The number of nitrogens with one attached hydrogen (secondary N) is 1. The van der Waals surface area contributed by atoms with Crippen molar-refractivity contribution in [3.05, 3.63) is 64.2 Å². The molecule has 2 N–H and O–H groups in total. The topological polar surface area (TPSA) is 32.3 Å². The summed E-state index contributed by atoms with van der Waals surface area (Å²) in [4.78, 5) is 0. The Kier molecular flexibility index (Phi) is 3.95. The van der Waals surface area contributed by atoms with Crippen LogP contribution in [0.4, 0.5) is 0 Å². The maximum Gasteiger partial charge on any atom is 0.120 e. The zero-order valence-corrected chi connectivity index (χ0v) is 12.0. The van der Waals surface area contributed by atoms with Gasteiger partial charge in [0.15, 0.2) is 0 Å². The second-order valence-electron chi connectivity index (χ2n) is 5.36. The van der Waals surface area contributed by atoms with Gasteiger partial charge >= 0.3 is 0 Å². The first-order valence-corrected chi connectivity index (χ1v) is 7.38. The normalized spacial score (nSPS) is 17.8. The minimum Gasteiger partial charge on any atom is -0.508 e. The molecule has 2 aromatic rings. The highest BCUT2D eigenvalue weighted by Gasteiger charge is 2.17. The Hall–Kier alpha value is -1.51. The Morgan fingerprint density at radius 2 is 1.95 bits per heavy atom. The molecule has 0 heterocycles. The van der Waals surface area contributed by atoms with Crippen molar-refractivity contribution in [1.29, 1.82) is 0 Å². The van der Waals surface area contributed by atoms with Crippen LogP contribution in [-0.4, -0.2) is 11.1 Å². The predicted molar refractivity (Wildman–Crippen MR) is 82.2 cm³/mol. The zero-order chi connectivity index (χ0) is 13.9. The van der Waals surface area contributed by atoms with Crippen LogP contribution in [0.25, 0.3) is 0 Å². The van der Waals surface area contributed by atoms with Gasteiger partial charge in [-0.2, -0.15) is 0 Å². The van der Waals surface area contributed by atoms with Crippen LogP contribution in [0.15, 0.2) is 42.5 Å². The Morgan fingerprint density at radius 1 is 1.15 bits per heavy atom. The molecule has 0 spiro atoms. The molecule has 104 valence electrons. The summed E-state index contributed by atoms with van der Waals surface area (Å²) >= 11 is 5.97. The molecule has 0 bridgehead atoms. The smallest absolute Gasteiger partial charge is 0.120 e. The Labute approximate surface area is 124 Å². The number of phenols is 1. The average Bonchev–Trinajstić information content (AvgIpc) is 2.48. The molecule has 1 atom stereocenters. The summed E-state index contributed by atoms with van der Waals surface area (Å²) in [5.41, 5.74) is 3.76. The van der Waals surface area contributed by atoms with Crippen LogP contribution >= 0.6 is 11.6 Å². The summed E-state index contributed by atoms with van der Waals surface area (Å²) < 4.78 is 0. The van der Waals surface area contributed by atoms with Gasteiger partial charge in [-0.3, -0.25) is 0 Å². The number of hydrogen-bond donors (Lipinski definition) is 2. The van der Waals surface area contributed by atoms with Crippen LogP contribution in [0.1, 0.15) is 23.1 Å². The van der Waals surface area contributed by atoms with Crippen LogP contribution in [0.2, 0.25) is 5.02 Å².